The normalized spacial score (nSPS) is 18.9. The largest absolute Gasteiger partial charge is 0.481 e. The summed E-state index contributed by atoms with van der Waals surface area (Å²) >= 11 is 6.04. The van der Waals surface area contributed by atoms with Crippen LogP contribution in [0.15, 0.2) is 48.5 Å². The van der Waals surface area contributed by atoms with Crippen LogP contribution in [0, 0.1) is 5.92 Å². The van der Waals surface area contributed by atoms with Crippen LogP contribution in [-0.2, 0) is 16.0 Å². The average molecular weight is 427 g/mol. The predicted molar refractivity (Wildman–Crippen MR) is 115 cm³/mol. The van der Waals surface area contributed by atoms with Crippen molar-refractivity contribution in [3.05, 3.63) is 70.4 Å². The van der Waals surface area contributed by atoms with E-state index in [2.05, 4.69) is 10.3 Å². The number of ether oxygens (including phenoxy) is 1. The third-order valence-corrected chi connectivity index (χ3v) is 6.05. The molecule has 3 aromatic rings. The number of methoxy groups -OCH3 is 1. The monoisotopic (exact) mass is 426 g/mol. The van der Waals surface area contributed by atoms with Crippen molar-refractivity contribution in [1.29, 1.82) is 0 Å². The van der Waals surface area contributed by atoms with Gasteiger partial charge in [-0.15, -0.1) is 0 Å². The summed E-state index contributed by atoms with van der Waals surface area (Å²) in [5, 5.41) is 14.4. The molecule has 1 aliphatic carbocycles. The van der Waals surface area contributed by atoms with Gasteiger partial charge in [-0.25, -0.2) is 0 Å². The van der Waals surface area contributed by atoms with Crippen LogP contribution in [0.5, 0.6) is 0 Å². The Balaban J connectivity index is 1.62. The number of carboxylic acids is 1. The molecule has 1 amide bonds. The fourth-order valence-corrected chi connectivity index (χ4v) is 4.62. The fourth-order valence-electron chi connectivity index (χ4n) is 4.44. The minimum absolute atomic E-state index is 0.263. The van der Waals surface area contributed by atoms with Crippen molar-refractivity contribution in [2.24, 2.45) is 5.92 Å². The van der Waals surface area contributed by atoms with E-state index in [4.69, 9.17) is 16.3 Å². The van der Waals surface area contributed by atoms with E-state index >= 15 is 0 Å². The number of carboxylic acid groups (broad SMARTS) is 1. The molecule has 0 aliphatic heterocycles. The van der Waals surface area contributed by atoms with E-state index in [0.29, 0.717) is 30.2 Å². The van der Waals surface area contributed by atoms with Gasteiger partial charge in [0, 0.05) is 41.6 Å². The van der Waals surface area contributed by atoms with Crippen molar-refractivity contribution in [2.45, 2.75) is 24.8 Å². The first-order valence-electron chi connectivity index (χ1n) is 9.86. The minimum Gasteiger partial charge on any atom is -0.481 e. The van der Waals surface area contributed by atoms with Gasteiger partial charge in [-0.2, -0.15) is 0 Å². The molecule has 156 valence electrons. The number of hydrogen-bond donors (Lipinski definition) is 3. The van der Waals surface area contributed by atoms with E-state index in [1.165, 1.54) is 0 Å². The number of H-pyrrole nitrogens is 1. The molecule has 0 spiro atoms. The number of rotatable bonds is 7. The molecule has 3 N–H and O–H groups in total. The zero-order valence-electron chi connectivity index (χ0n) is 16.5. The first kappa shape index (κ1) is 20.4. The number of nitrogens with one attached hydrogen (secondary N) is 2. The summed E-state index contributed by atoms with van der Waals surface area (Å²) in [7, 11) is 1.56. The zero-order valence-corrected chi connectivity index (χ0v) is 17.3. The number of fused-ring (bicyclic) bond motifs is 2. The van der Waals surface area contributed by atoms with Gasteiger partial charge in [0.2, 0.25) is 0 Å². The number of aliphatic carboxylic acids is 1. The van der Waals surface area contributed by atoms with Gasteiger partial charge >= 0.3 is 5.97 Å². The molecule has 0 radical (unpaired) electrons. The lowest BCUT2D eigenvalue weighted by Crippen LogP contribution is -2.42. The van der Waals surface area contributed by atoms with Crippen LogP contribution in [0.25, 0.3) is 10.9 Å². The van der Waals surface area contributed by atoms with E-state index in [-0.39, 0.29) is 17.9 Å². The molecule has 4 rings (SSSR count). The zero-order chi connectivity index (χ0) is 21.3. The van der Waals surface area contributed by atoms with Gasteiger partial charge in [-0.05, 0) is 48.2 Å². The molecule has 2 aromatic carbocycles. The predicted octanol–water partition coefficient (Wildman–Crippen LogP) is 4.00. The Labute approximate surface area is 179 Å². The van der Waals surface area contributed by atoms with Crippen molar-refractivity contribution in [3.63, 3.8) is 0 Å². The van der Waals surface area contributed by atoms with Crippen LogP contribution in [0.4, 0.5) is 0 Å². The summed E-state index contributed by atoms with van der Waals surface area (Å²) < 4.78 is 5.13. The summed E-state index contributed by atoms with van der Waals surface area (Å²) in [5.41, 5.74) is 3.29. The third kappa shape index (κ3) is 3.93. The molecule has 0 fully saturated rings. The second kappa shape index (κ2) is 8.50. The lowest BCUT2D eigenvalue weighted by atomic mass is 9.82. The Morgan fingerprint density at radius 3 is 2.83 bits per heavy atom. The summed E-state index contributed by atoms with van der Waals surface area (Å²) in [6.07, 6.45) is 0.970. The number of carbonyl (C=O) groups excluding carboxylic acids is 1. The molecule has 1 heterocycles. The molecule has 1 aromatic heterocycles. The molecule has 0 unspecified atom stereocenters. The molecule has 7 heteroatoms. The van der Waals surface area contributed by atoms with Gasteiger partial charge in [0.05, 0.1) is 5.92 Å². The SMILES string of the molecule is COCC[C@@H](C(=O)O)[C@@H]1c2ccccc2C[C@@H]1NC(=O)c1cc2cc(Cl)ccc2[nH]1. The summed E-state index contributed by atoms with van der Waals surface area (Å²) in [6, 6.07) is 14.6. The highest BCUT2D eigenvalue weighted by atomic mass is 35.5. The van der Waals surface area contributed by atoms with E-state index in [1.807, 2.05) is 30.3 Å². The fraction of sp³-hybridized carbons (Fsp3) is 0.304. The molecule has 0 saturated carbocycles. The van der Waals surface area contributed by atoms with Gasteiger partial charge in [-0.3, -0.25) is 9.59 Å². The van der Waals surface area contributed by atoms with Gasteiger partial charge in [0.1, 0.15) is 5.69 Å². The van der Waals surface area contributed by atoms with E-state index in [9.17, 15) is 14.7 Å². The molecular formula is C23H23ClN2O4. The van der Waals surface area contributed by atoms with Gasteiger partial charge < -0.3 is 20.1 Å². The maximum Gasteiger partial charge on any atom is 0.307 e. The average Bonchev–Trinajstić information content (AvgIpc) is 3.29. The number of carbonyl (C=O) groups is 2. The number of aromatic nitrogens is 1. The smallest absolute Gasteiger partial charge is 0.307 e. The number of aromatic amines is 1. The summed E-state index contributed by atoms with van der Waals surface area (Å²) in [4.78, 5) is 28.2. The van der Waals surface area contributed by atoms with Gasteiger partial charge in [-0.1, -0.05) is 35.9 Å². The highest BCUT2D eigenvalue weighted by Crippen LogP contribution is 2.40. The highest BCUT2D eigenvalue weighted by Gasteiger charge is 2.41. The lowest BCUT2D eigenvalue weighted by Gasteiger charge is -2.27. The summed E-state index contributed by atoms with van der Waals surface area (Å²) in [6.45, 7) is 0.346. The molecule has 6 nitrogen and oxygen atoms in total. The first-order chi connectivity index (χ1) is 14.5. The Morgan fingerprint density at radius 2 is 2.07 bits per heavy atom. The van der Waals surface area contributed by atoms with Crippen LogP contribution in [0.2, 0.25) is 5.02 Å². The molecule has 3 atom stereocenters. The molecule has 0 saturated heterocycles. The number of halogens is 1. The molecule has 1 aliphatic rings. The maximum atomic E-state index is 13.0. The Kier molecular flexibility index (Phi) is 5.79. The maximum absolute atomic E-state index is 13.0. The van der Waals surface area contributed by atoms with Crippen LogP contribution < -0.4 is 5.32 Å². The van der Waals surface area contributed by atoms with Crippen LogP contribution in [0.3, 0.4) is 0 Å². The van der Waals surface area contributed by atoms with Gasteiger partial charge in [0.25, 0.3) is 5.91 Å². The number of amides is 1. The van der Waals surface area contributed by atoms with Crippen LogP contribution >= 0.6 is 11.6 Å². The van der Waals surface area contributed by atoms with Crippen molar-refractivity contribution >= 4 is 34.4 Å². The van der Waals surface area contributed by atoms with E-state index in [0.717, 1.165) is 22.0 Å². The Hall–Kier alpha value is -2.83. The second-order valence-corrected chi connectivity index (χ2v) is 8.09. The van der Waals surface area contributed by atoms with Crippen molar-refractivity contribution in [1.82, 2.24) is 10.3 Å². The lowest BCUT2D eigenvalue weighted by molar-refractivity contribution is -0.143. The van der Waals surface area contributed by atoms with Crippen molar-refractivity contribution < 1.29 is 19.4 Å². The second-order valence-electron chi connectivity index (χ2n) is 7.65. The van der Waals surface area contributed by atoms with Gasteiger partial charge in [0.15, 0.2) is 0 Å². The standard InChI is InChI=1S/C23H23ClN2O4/c1-30-9-8-17(23(28)29)21-16-5-3-2-4-13(16)11-19(21)26-22(27)20-12-14-10-15(24)6-7-18(14)25-20/h2-7,10,12,17,19,21,25H,8-9,11H2,1H3,(H,26,27)(H,28,29)/t17-,19+,21+/m1/s1. The quantitative estimate of drug-likeness (QED) is 0.532. The van der Waals surface area contributed by atoms with Crippen LogP contribution in [-0.4, -0.2) is 41.7 Å². The number of hydrogen-bond acceptors (Lipinski definition) is 3. The number of benzene rings is 2. The van der Waals surface area contributed by atoms with Crippen LogP contribution in [0.1, 0.15) is 34.0 Å². The van der Waals surface area contributed by atoms with E-state index < -0.39 is 11.9 Å². The Bertz CT molecular complexity index is 1090. The first-order valence-corrected chi connectivity index (χ1v) is 10.2. The minimum atomic E-state index is -0.881. The van der Waals surface area contributed by atoms with Crippen molar-refractivity contribution in [2.75, 3.05) is 13.7 Å². The van der Waals surface area contributed by atoms with E-state index in [1.54, 1.807) is 25.3 Å². The molecular weight excluding hydrogens is 404 g/mol. The topological polar surface area (TPSA) is 91.4 Å². The highest BCUT2D eigenvalue weighted by molar-refractivity contribution is 6.31. The molecule has 30 heavy (non-hydrogen) atoms. The van der Waals surface area contributed by atoms with Crippen molar-refractivity contribution in [3.8, 4) is 0 Å². The summed E-state index contributed by atoms with van der Waals surface area (Å²) in [5.74, 6) is -2.12. The third-order valence-electron chi connectivity index (χ3n) is 5.82. The Morgan fingerprint density at radius 1 is 1.27 bits per heavy atom. The molecule has 0 bridgehead atoms.